The Morgan fingerprint density at radius 3 is 2.60 bits per heavy atom. The molecular weight excluding hydrogens is 250 g/mol. The van der Waals surface area contributed by atoms with Gasteiger partial charge < -0.3 is 10.1 Å². The van der Waals surface area contributed by atoms with Gasteiger partial charge >= 0.3 is 6.01 Å². The van der Waals surface area contributed by atoms with Crippen LogP contribution in [0.25, 0.3) is 0 Å². The summed E-state index contributed by atoms with van der Waals surface area (Å²) in [6, 6.07) is 6.70. The highest BCUT2D eigenvalue weighted by molar-refractivity contribution is 5.38. The van der Waals surface area contributed by atoms with E-state index >= 15 is 0 Å². The second-order valence-corrected chi connectivity index (χ2v) is 5.14. The molecule has 0 bridgehead atoms. The molecule has 2 aromatic rings. The van der Waals surface area contributed by atoms with Crippen LogP contribution in [0, 0.1) is 0 Å². The molecule has 0 amide bonds. The first-order chi connectivity index (χ1) is 9.85. The minimum absolute atomic E-state index is 0.403. The zero-order valence-corrected chi connectivity index (χ0v) is 11.7. The van der Waals surface area contributed by atoms with Crippen molar-refractivity contribution in [2.75, 3.05) is 7.05 Å². The van der Waals surface area contributed by atoms with Gasteiger partial charge in [-0.15, -0.1) is 0 Å². The predicted octanol–water partition coefficient (Wildman–Crippen LogP) is 2.87. The van der Waals surface area contributed by atoms with Crippen molar-refractivity contribution in [2.45, 2.75) is 32.2 Å². The fourth-order valence-corrected chi connectivity index (χ4v) is 2.57. The lowest BCUT2D eigenvalue weighted by Crippen LogP contribution is -2.06. The summed E-state index contributed by atoms with van der Waals surface area (Å²) in [6.07, 6.45) is 8.47. The molecule has 3 rings (SSSR count). The first-order valence-electron chi connectivity index (χ1n) is 7.10. The van der Waals surface area contributed by atoms with E-state index in [0.29, 0.717) is 6.01 Å². The molecule has 1 aliphatic carbocycles. The highest BCUT2D eigenvalue weighted by Gasteiger charge is 2.10. The average molecular weight is 269 g/mol. The summed E-state index contributed by atoms with van der Waals surface area (Å²) in [4.78, 5) is 8.46. The maximum atomic E-state index is 5.73. The van der Waals surface area contributed by atoms with Gasteiger partial charge in [-0.25, -0.2) is 9.97 Å². The van der Waals surface area contributed by atoms with Crippen molar-refractivity contribution in [3.8, 4) is 11.8 Å². The van der Waals surface area contributed by atoms with E-state index in [1.807, 2.05) is 13.1 Å². The number of rotatable bonds is 4. The Hall–Kier alpha value is -1.94. The Kier molecular flexibility index (Phi) is 3.92. The molecule has 0 spiro atoms. The Bertz CT molecular complexity index is 581. The Labute approximate surface area is 119 Å². The smallest absolute Gasteiger partial charge is 0.321 e. The van der Waals surface area contributed by atoms with Crippen LogP contribution in [0.4, 0.5) is 0 Å². The minimum atomic E-state index is 0.403. The summed E-state index contributed by atoms with van der Waals surface area (Å²) in [7, 11) is 1.90. The van der Waals surface area contributed by atoms with Crippen molar-refractivity contribution in [2.24, 2.45) is 0 Å². The van der Waals surface area contributed by atoms with E-state index < -0.39 is 0 Å². The molecule has 1 aromatic heterocycles. The summed E-state index contributed by atoms with van der Waals surface area (Å²) in [5, 5.41) is 3.07. The number of benzene rings is 1. The fourth-order valence-electron chi connectivity index (χ4n) is 2.57. The van der Waals surface area contributed by atoms with Crippen LogP contribution in [-0.2, 0) is 19.4 Å². The molecule has 0 aliphatic heterocycles. The highest BCUT2D eigenvalue weighted by atomic mass is 16.5. The molecule has 1 heterocycles. The summed E-state index contributed by atoms with van der Waals surface area (Å²) >= 11 is 0. The number of aryl methyl sites for hydroxylation is 2. The van der Waals surface area contributed by atoms with Gasteiger partial charge in [0.05, 0.1) is 0 Å². The molecule has 0 unspecified atom stereocenters. The van der Waals surface area contributed by atoms with Crippen molar-refractivity contribution in [1.29, 1.82) is 0 Å². The number of aromatic nitrogens is 2. The zero-order chi connectivity index (χ0) is 13.8. The lowest BCUT2D eigenvalue weighted by atomic mass is 9.92. The first kappa shape index (κ1) is 13.1. The van der Waals surface area contributed by atoms with Gasteiger partial charge in [0.25, 0.3) is 0 Å². The minimum Gasteiger partial charge on any atom is -0.424 e. The van der Waals surface area contributed by atoms with E-state index in [2.05, 4.69) is 27.4 Å². The number of hydrogen-bond acceptors (Lipinski definition) is 4. The molecular formula is C16H19N3O. The van der Waals surface area contributed by atoms with Crippen LogP contribution < -0.4 is 10.1 Å². The van der Waals surface area contributed by atoms with Gasteiger partial charge in [0, 0.05) is 24.5 Å². The summed E-state index contributed by atoms with van der Waals surface area (Å²) in [5.74, 6) is 0.826. The maximum Gasteiger partial charge on any atom is 0.321 e. The number of hydrogen-bond donors (Lipinski definition) is 1. The highest BCUT2D eigenvalue weighted by Crippen LogP contribution is 2.27. The number of fused-ring (bicyclic) bond motifs is 1. The van der Waals surface area contributed by atoms with E-state index in [-0.39, 0.29) is 0 Å². The van der Waals surface area contributed by atoms with Crippen molar-refractivity contribution in [3.05, 3.63) is 47.3 Å². The Morgan fingerprint density at radius 1 is 1.10 bits per heavy atom. The van der Waals surface area contributed by atoms with E-state index in [1.54, 1.807) is 12.4 Å². The van der Waals surface area contributed by atoms with Gasteiger partial charge in [0.2, 0.25) is 0 Å². The third kappa shape index (κ3) is 2.96. The third-order valence-corrected chi connectivity index (χ3v) is 3.59. The van der Waals surface area contributed by atoms with Gasteiger partial charge in [0.15, 0.2) is 0 Å². The molecule has 1 N–H and O–H groups in total. The van der Waals surface area contributed by atoms with Gasteiger partial charge in [-0.2, -0.15) is 0 Å². The average Bonchev–Trinajstić information content (AvgIpc) is 2.49. The van der Waals surface area contributed by atoms with E-state index in [9.17, 15) is 0 Å². The maximum absolute atomic E-state index is 5.73. The molecule has 0 saturated heterocycles. The Balaban J connectivity index is 1.73. The molecule has 104 valence electrons. The normalized spacial score (nSPS) is 13.8. The zero-order valence-electron chi connectivity index (χ0n) is 11.7. The van der Waals surface area contributed by atoms with Crippen molar-refractivity contribution in [1.82, 2.24) is 15.3 Å². The van der Waals surface area contributed by atoms with Crippen LogP contribution in [0.3, 0.4) is 0 Å². The van der Waals surface area contributed by atoms with Crippen LogP contribution in [0.15, 0.2) is 30.6 Å². The molecule has 1 aromatic carbocycles. The number of nitrogens with zero attached hydrogens (tertiary/aromatic N) is 2. The lowest BCUT2D eigenvalue weighted by molar-refractivity contribution is 0.439. The molecule has 4 heteroatoms. The molecule has 0 fully saturated rings. The SMILES string of the molecule is CNCc1cnc(Oc2ccc3c(c2)CCCC3)nc1. The molecule has 4 nitrogen and oxygen atoms in total. The summed E-state index contributed by atoms with van der Waals surface area (Å²) in [5.41, 5.74) is 3.90. The van der Waals surface area contributed by atoms with Crippen LogP contribution in [0.5, 0.6) is 11.8 Å². The number of ether oxygens (including phenoxy) is 1. The molecule has 1 aliphatic rings. The van der Waals surface area contributed by atoms with Crippen LogP contribution in [-0.4, -0.2) is 17.0 Å². The van der Waals surface area contributed by atoms with Crippen molar-refractivity contribution < 1.29 is 4.74 Å². The largest absolute Gasteiger partial charge is 0.424 e. The molecule has 20 heavy (non-hydrogen) atoms. The molecule has 0 radical (unpaired) electrons. The van der Waals surface area contributed by atoms with Crippen LogP contribution >= 0.6 is 0 Å². The third-order valence-electron chi connectivity index (χ3n) is 3.59. The van der Waals surface area contributed by atoms with Crippen molar-refractivity contribution >= 4 is 0 Å². The topological polar surface area (TPSA) is 47.0 Å². The van der Waals surface area contributed by atoms with E-state index in [0.717, 1.165) is 24.3 Å². The van der Waals surface area contributed by atoms with E-state index in [1.165, 1.54) is 30.4 Å². The second kappa shape index (κ2) is 6.01. The summed E-state index contributed by atoms with van der Waals surface area (Å²) in [6.45, 7) is 0.763. The van der Waals surface area contributed by atoms with Crippen LogP contribution in [0.1, 0.15) is 29.5 Å². The second-order valence-electron chi connectivity index (χ2n) is 5.14. The van der Waals surface area contributed by atoms with Crippen LogP contribution in [0.2, 0.25) is 0 Å². The van der Waals surface area contributed by atoms with E-state index in [4.69, 9.17) is 4.74 Å². The quantitative estimate of drug-likeness (QED) is 0.927. The first-order valence-corrected chi connectivity index (χ1v) is 7.10. The monoisotopic (exact) mass is 269 g/mol. The van der Waals surface area contributed by atoms with Gasteiger partial charge in [0.1, 0.15) is 5.75 Å². The fraction of sp³-hybridized carbons (Fsp3) is 0.375. The number of nitrogens with one attached hydrogen (secondary N) is 1. The van der Waals surface area contributed by atoms with Gasteiger partial charge in [-0.3, -0.25) is 0 Å². The standard InChI is InChI=1S/C16H19N3O/c1-17-9-12-10-18-16(19-11-12)20-15-7-6-13-4-2-3-5-14(13)8-15/h6-8,10-11,17H,2-5,9H2,1H3. The lowest BCUT2D eigenvalue weighted by Gasteiger charge is -2.16. The Morgan fingerprint density at radius 2 is 1.85 bits per heavy atom. The van der Waals surface area contributed by atoms with Gasteiger partial charge in [-0.05, 0) is 56.0 Å². The summed E-state index contributed by atoms with van der Waals surface area (Å²) < 4.78 is 5.73. The predicted molar refractivity (Wildman–Crippen MR) is 78.0 cm³/mol. The molecule has 0 saturated carbocycles. The van der Waals surface area contributed by atoms with Gasteiger partial charge in [-0.1, -0.05) is 6.07 Å². The molecule has 0 atom stereocenters. The van der Waals surface area contributed by atoms with Crippen molar-refractivity contribution in [3.63, 3.8) is 0 Å².